The van der Waals surface area contributed by atoms with Crippen molar-refractivity contribution in [3.63, 3.8) is 0 Å². The average Bonchev–Trinajstić information content (AvgIpc) is 2.14. The smallest absolute Gasteiger partial charge is 0.336 e. The van der Waals surface area contributed by atoms with Crippen molar-refractivity contribution in [2.24, 2.45) is 0 Å². The van der Waals surface area contributed by atoms with Gasteiger partial charge in [0.15, 0.2) is 0 Å². The molecule has 0 aliphatic heterocycles. The Hall–Kier alpha value is -0.778. The molecule has 0 heterocycles. The summed E-state index contributed by atoms with van der Waals surface area (Å²) in [5, 5.41) is 9.05. The molecule has 0 spiro atoms. The van der Waals surface area contributed by atoms with Crippen LogP contribution in [0.2, 0.25) is 0 Å². The topological polar surface area (TPSA) is 37.3 Å². The van der Waals surface area contributed by atoms with Gasteiger partial charge in [0.25, 0.3) is 0 Å². The molecule has 0 aliphatic carbocycles. The largest absolute Gasteiger partial charge is 0.478 e. The molecule has 0 saturated heterocycles. The van der Waals surface area contributed by atoms with E-state index in [-0.39, 0.29) is 17.4 Å². The summed E-state index contributed by atoms with van der Waals surface area (Å²) in [6, 6.07) is 5.68. The van der Waals surface area contributed by atoms with E-state index in [0.29, 0.717) is 5.56 Å². The fourth-order valence-corrected chi connectivity index (χ4v) is 1.61. The summed E-state index contributed by atoms with van der Waals surface area (Å²) in [6.07, 6.45) is 3.00. The van der Waals surface area contributed by atoms with Gasteiger partial charge < -0.3 is 5.11 Å². The normalized spacial score (nSPS) is 9.47. The van der Waals surface area contributed by atoms with Crippen LogP contribution in [-0.4, -0.2) is 28.4 Å². The zero-order valence-corrected chi connectivity index (χ0v) is 10.4. The molecule has 3 radical (unpaired) electrons. The molecule has 1 N–H and O–H groups in total. The Morgan fingerprint density at radius 1 is 1.40 bits per heavy atom. The highest BCUT2D eigenvalue weighted by molar-refractivity contribution is 5.91. The van der Waals surface area contributed by atoms with Crippen LogP contribution in [0, 0.1) is 6.92 Å². The lowest BCUT2D eigenvalue weighted by Gasteiger charge is -2.07. The fourth-order valence-electron chi connectivity index (χ4n) is 1.61. The van der Waals surface area contributed by atoms with Crippen LogP contribution in [0.5, 0.6) is 0 Å². The highest BCUT2D eigenvalue weighted by Crippen LogP contribution is 2.16. The molecule has 0 bridgehead atoms. The van der Waals surface area contributed by atoms with Crippen LogP contribution in [0.4, 0.5) is 0 Å². The zero-order valence-electron chi connectivity index (χ0n) is 9.29. The van der Waals surface area contributed by atoms with Gasteiger partial charge in [-0.3, -0.25) is 0 Å². The molecule has 2 nitrogen and oxygen atoms in total. The monoisotopic (exact) mass is 219 g/mol. The van der Waals surface area contributed by atoms with Gasteiger partial charge in [0.05, 0.1) is 5.56 Å². The number of rotatable bonds is 4. The van der Waals surface area contributed by atoms with E-state index in [1.165, 1.54) is 0 Å². The van der Waals surface area contributed by atoms with Gasteiger partial charge in [-0.05, 0) is 30.9 Å². The predicted molar refractivity (Wildman–Crippen MR) is 62.5 cm³/mol. The standard InChI is InChI=1S/C12H16O2.Al/c1-3-4-7-10-8-5-6-9(2)11(10)12(13)14;/h5-6,8H,3-4,7H2,1-2H3,(H,13,14);. The number of aromatic carboxylic acids is 1. The first-order valence-corrected chi connectivity index (χ1v) is 4.98. The van der Waals surface area contributed by atoms with Crippen LogP contribution in [0.25, 0.3) is 0 Å². The second kappa shape index (κ2) is 6.66. The van der Waals surface area contributed by atoms with Crippen molar-refractivity contribution in [1.82, 2.24) is 0 Å². The Morgan fingerprint density at radius 2 is 2.07 bits per heavy atom. The Labute approximate surface area is 101 Å². The van der Waals surface area contributed by atoms with Gasteiger partial charge in [-0.15, -0.1) is 0 Å². The SMILES string of the molecule is CCCCc1cccc(C)c1C(=O)O.[Al]. The maximum absolute atomic E-state index is 11.0. The lowest BCUT2D eigenvalue weighted by Crippen LogP contribution is -2.05. The number of benzene rings is 1. The first kappa shape index (κ1) is 14.2. The Bertz CT molecular complexity index is 334. The quantitative estimate of drug-likeness (QED) is 0.790. The lowest BCUT2D eigenvalue weighted by atomic mass is 9.98. The summed E-state index contributed by atoms with van der Waals surface area (Å²) < 4.78 is 0. The fraction of sp³-hybridized carbons (Fsp3) is 0.417. The van der Waals surface area contributed by atoms with Crippen LogP contribution >= 0.6 is 0 Å². The van der Waals surface area contributed by atoms with Crippen molar-refractivity contribution in [2.45, 2.75) is 33.1 Å². The van der Waals surface area contributed by atoms with Gasteiger partial charge in [-0.25, -0.2) is 4.79 Å². The highest BCUT2D eigenvalue weighted by Gasteiger charge is 2.11. The lowest BCUT2D eigenvalue weighted by molar-refractivity contribution is 0.0695. The van der Waals surface area contributed by atoms with E-state index in [1.807, 2.05) is 25.1 Å². The molecule has 79 valence electrons. The minimum atomic E-state index is -0.811. The van der Waals surface area contributed by atoms with Crippen molar-refractivity contribution in [2.75, 3.05) is 0 Å². The second-order valence-corrected chi connectivity index (χ2v) is 3.52. The van der Waals surface area contributed by atoms with E-state index in [9.17, 15) is 4.79 Å². The number of aryl methyl sites for hydroxylation is 2. The molecule has 1 rings (SSSR count). The minimum absolute atomic E-state index is 0. The molecule has 0 aliphatic rings. The summed E-state index contributed by atoms with van der Waals surface area (Å²) >= 11 is 0. The van der Waals surface area contributed by atoms with E-state index >= 15 is 0 Å². The van der Waals surface area contributed by atoms with E-state index in [1.54, 1.807) is 0 Å². The maximum atomic E-state index is 11.0. The summed E-state index contributed by atoms with van der Waals surface area (Å²) in [5.74, 6) is -0.811. The highest BCUT2D eigenvalue weighted by atomic mass is 27.0. The van der Waals surface area contributed by atoms with Gasteiger partial charge in [0.1, 0.15) is 0 Å². The number of carboxylic acids is 1. The van der Waals surface area contributed by atoms with Crippen molar-refractivity contribution in [3.05, 3.63) is 34.9 Å². The summed E-state index contributed by atoms with van der Waals surface area (Å²) in [4.78, 5) is 11.0. The first-order chi connectivity index (χ1) is 6.66. The summed E-state index contributed by atoms with van der Waals surface area (Å²) in [5.41, 5.74) is 2.30. The molecule has 0 atom stereocenters. The third-order valence-corrected chi connectivity index (χ3v) is 2.37. The Kier molecular flexibility index (Phi) is 6.31. The van der Waals surface area contributed by atoms with Crippen molar-refractivity contribution in [3.8, 4) is 0 Å². The molecule has 0 unspecified atom stereocenters. The molecule has 3 heteroatoms. The van der Waals surface area contributed by atoms with Gasteiger partial charge >= 0.3 is 5.97 Å². The van der Waals surface area contributed by atoms with Crippen molar-refractivity contribution in [1.29, 1.82) is 0 Å². The van der Waals surface area contributed by atoms with E-state index < -0.39 is 5.97 Å². The van der Waals surface area contributed by atoms with Crippen molar-refractivity contribution >= 4 is 23.3 Å². The molecule has 1 aromatic carbocycles. The number of hydrogen-bond acceptors (Lipinski definition) is 1. The van der Waals surface area contributed by atoms with Gasteiger partial charge in [0, 0.05) is 17.4 Å². The molecule has 15 heavy (non-hydrogen) atoms. The Balaban J connectivity index is 0.00000196. The number of carboxylic acid groups (broad SMARTS) is 1. The first-order valence-electron chi connectivity index (χ1n) is 4.98. The van der Waals surface area contributed by atoms with Crippen LogP contribution in [-0.2, 0) is 6.42 Å². The van der Waals surface area contributed by atoms with E-state index in [0.717, 1.165) is 30.4 Å². The molecule has 0 saturated carbocycles. The third-order valence-electron chi connectivity index (χ3n) is 2.37. The third kappa shape index (κ3) is 3.70. The van der Waals surface area contributed by atoms with Gasteiger partial charge in [0.2, 0.25) is 0 Å². The average molecular weight is 219 g/mol. The molecule has 0 aromatic heterocycles. The minimum Gasteiger partial charge on any atom is -0.478 e. The molecular formula is C12H16AlO2. The predicted octanol–water partition coefficient (Wildman–Crippen LogP) is 2.66. The summed E-state index contributed by atoms with van der Waals surface area (Å²) in [6.45, 7) is 3.95. The molecule has 1 aromatic rings. The second-order valence-electron chi connectivity index (χ2n) is 3.52. The maximum Gasteiger partial charge on any atom is 0.336 e. The molecule has 0 amide bonds. The van der Waals surface area contributed by atoms with E-state index in [2.05, 4.69) is 6.92 Å². The summed E-state index contributed by atoms with van der Waals surface area (Å²) in [7, 11) is 0. The van der Waals surface area contributed by atoms with Crippen LogP contribution in [0.15, 0.2) is 18.2 Å². The van der Waals surface area contributed by atoms with Gasteiger partial charge in [-0.1, -0.05) is 31.5 Å². The van der Waals surface area contributed by atoms with Gasteiger partial charge in [-0.2, -0.15) is 0 Å². The number of unbranched alkanes of at least 4 members (excludes halogenated alkanes) is 1. The molecule has 0 fully saturated rings. The zero-order chi connectivity index (χ0) is 10.6. The Morgan fingerprint density at radius 3 is 2.60 bits per heavy atom. The number of carbonyl (C=O) groups is 1. The molecular weight excluding hydrogens is 203 g/mol. The number of hydrogen-bond donors (Lipinski definition) is 1. The van der Waals surface area contributed by atoms with Crippen LogP contribution in [0.1, 0.15) is 41.3 Å². The van der Waals surface area contributed by atoms with Crippen LogP contribution < -0.4 is 0 Å². The van der Waals surface area contributed by atoms with E-state index in [4.69, 9.17) is 5.11 Å². The van der Waals surface area contributed by atoms with Crippen LogP contribution in [0.3, 0.4) is 0 Å². The van der Waals surface area contributed by atoms with Crippen molar-refractivity contribution < 1.29 is 9.90 Å².